The quantitative estimate of drug-likeness (QED) is 0.123. The molecule has 0 radical (unpaired) electrons. The molecule has 4 atom stereocenters. The van der Waals surface area contributed by atoms with Gasteiger partial charge in [-0.25, -0.2) is 25.0 Å². The lowest BCUT2D eigenvalue weighted by molar-refractivity contribution is -0.0531. The molecule has 4 rings (SSSR count). The van der Waals surface area contributed by atoms with Gasteiger partial charge in [0.15, 0.2) is 11.2 Å². The molecule has 0 bridgehead atoms. The van der Waals surface area contributed by atoms with Crippen molar-refractivity contribution in [3.05, 3.63) is 57.4 Å². The first kappa shape index (κ1) is 23.2. The Labute approximate surface area is 191 Å². The molecular formula is C20H24N8O6. The smallest absolute Gasteiger partial charge is 0.339 e. The van der Waals surface area contributed by atoms with Crippen LogP contribution >= 0.6 is 0 Å². The SMILES string of the molecule is C=CCn1c(=O)n([C@@H]2O[C@H](COC(=O)c3ccc(NN)nc3)[C@@H](O)[C@H]2C)c2nc(N)[nH]c(=O)c21. The fourth-order valence-corrected chi connectivity index (χ4v) is 3.89. The fourth-order valence-electron chi connectivity index (χ4n) is 3.89. The number of H-pyrrole nitrogens is 1. The lowest BCUT2D eigenvalue weighted by Gasteiger charge is -2.16. The molecule has 0 spiro atoms. The molecule has 4 heterocycles. The summed E-state index contributed by atoms with van der Waals surface area (Å²) < 4.78 is 13.6. The van der Waals surface area contributed by atoms with Gasteiger partial charge in [-0.05, 0) is 12.1 Å². The lowest BCUT2D eigenvalue weighted by Crippen LogP contribution is -2.31. The number of pyridine rings is 1. The van der Waals surface area contributed by atoms with Crippen LogP contribution in [0.5, 0.6) is 0 Å². The number of hydrogen-bond acceptors (Lipinski definition) is 11. The zero-order valence-corrected chi connectivity index (χ0v) is 18.2. The Morgan fingerprint density at radius 1 is 1.44 bits per heavy atom. The van der Waals surface area contributed by atoms with Gasteiger partial charge < -0.3 is 25.7 Å². The minimum absolute atomic E-state index is 0.00202. The lowest BCUT2D eigenvalue weighted by atomic mass is 10.0. The van der Waals surface area contributed by atoms with E-state index in [9.17, 15) is 19.5 Å². The van der Waals surface area contributed by atoms with Crippen LogP contribution in [0.15, 0.2) is 40.6 Å². The van der Waals surface area contributed by atoms with E-state index in [-0.39, 0.29) is 35.8 Å². The van der Waals surface area contributed by atoms with Crippen molar-refractivity contribution >= 4 is 28.9 Å². The number of anilines is 2. The molecule has 0 unspecified atom stereocenters. The summed E-state index contributed by atoms with van der Waals surface area (Å²) in [4.78, 5) is 48.4. The number of nitrogens with zero attached hydrogens (tertiary/aromatic N) is 4. The molecule has 3 aromatic rings. The van der Waals surface area contributed by atoms with Gasteiger partial charge in [0.05, 0.1) is 11.7 Å². The summed E-state index contributed by atoms with van der Waals surface area (Å²) in [5.41, 5.74) is 7.05. The highest BCUT2D eigenvalue weighted by Gasteiger charge is 2.44. The van der Waals surface area contributed by atoms with Crippen LogP contribution in [0.25, 0.3) is 11.2 Å². The maximum absolute atomic E-state index is 13.2. The van der Waals surface area contributed by atoms with Gasteiger partial charge in [-0.3, -0.25) is 14.3 Å². The minimum Gasteiger partial charge on any atom is -0.459 e. The normalized spacial score (nSPS) is 22.1. The second-order valence-corrected chi connectivity index (χ2v) is 7.76. The molecule has 0 aliphatic carbocycles. The van der Waals surface area contributed by atoms with E-state index in [4.69, 9.17) is 21.1 Å². The number of fused-ring (bicyclic) bond motifs is 1. The number of aromatic amines is 1. The maximum Gasteiger partial charge on any atom is 0.339 e. The number of rotatable bonds is 7. The van der Waals surface area contributed by atoms with E-state index in [2.05, 4.69) is 27.0 Å². The van der Waals surface area contributed by atoms with Crippen molar-refractivity contribution in [3.8, 4) is 0 Å². The average molecular weight is 472 g/mol. The van der Waals surface area contributed by atoms with E-state index in [0.717, 1.165) is 0 Å². The average Bonchev–Trinajstić information content (AvgIpc) is 3.25. The largest absolute Gasteiger partial charge is 0.459 e. The third-order valence-electron chi connectivity index (χ3n) is 5.61. The van der Waals surface area contributed by atoms with Crippen LogP contribution in [0.4, 0.5) is 11.8 Å². The van der Waals surface area contributed by atoms with Crippen molar-refractivity contribution in [2.75, 3.05) is 17.8 Å². The van der Waals surface area contributed by atoms with Crippen molar-refractivity contribution in [1.29, 1.82) is 0 Å². The van der Waals surface area contributed by atoms with E-state index in [0.29, 0.717) is 5.82 Å². The number of hydrazine groups is 1. The van der Waals surface area contributed by atoms with Crippen molar-refractivity contribution in [2.45, 2.75) is 31.9 Å². The number of esters is 1. The molecule has 7 N–H and O–H groups in total. The van der Waals surface area contributed by atoms with Gasteiger partial charge in [-0.1, -0.05) is 13.0 Å². The van der Waals surface area contributed by atoms with E-state index in [1.54, 1.807) is 6.92 Å². The van der Waals surface area contributed by atoms with Crippen molar-refractivity contribution in [1.82, 2.24) is 24.1 Å². The topological polar surface area (TPSA) is 205 Å². The second kappa shape index (κ2) is 9.09. The van der Waals surface area contributed by atoms with Crippen LogP contribution < -0.4 is 28.3 Å². The van der Waals surface area contributed by atoms with Gasteiger partial charge in [-0.15, -0.1) is 6.58 Å². The zero-order valence-electron chi connectivity index (χ0n) is 18.2. The third kappa shape index (κ3) is 3.93. The molecule has 1 aliphatic rings. The summed E-state index contributed by atoms with van der Waals surface area (Å²) in [6, 6.07) is 2.98. The predicted octanol–water partition coefficient (Wildman–Crippen LogP) is -0.913. The molecule has 3 aromatic heterocycles. The number of aliphatic hydroxyl groups excluding tert-OH is 1. The number of imidazole rings is 1. The summed E-state index contributed by atoms with van der Waals surface area (Å²) >= 11 is 0. The summed E-state index contributed by atoms with van der Waals surface area (Å²) in [5.74, 6) is 4.16. The number of carbonyl (C=O) groups excluding carboxylic acids is 1. The zero-order chi connectivity index (χ0) is 24.6. The molecule has 1 aliphatic heterocycles. The van der Waals surface area contributed by atoms with E-state index < -0.39 is 41.6 Å². The first-order valence-corrected chi connectivity index (χ1v) is 10.3. The van der Waals surface area contributed by atoms with Gasteiger partial charge in [0.1, 0.15) is 24.8 Å². The first-order chi connectivity index (χ1) is 16.3. The molecule has 14 heteroatoms. The Kier molecular flexibility index (Phi) is 6.19. The van der Waals surface area contributed by atoms with Crippen molar-refractivity contribution < 1.29 is 19.4 Å². The van der Waals surface area contributed by atoms with E-state index in [1.807, 2.05) is 0 Å². The fraction of sp³-hybridized carbons (Fsp3) is 0.350. The first-order valence-electron chi connectivity index (χ1n) is 10.3. The standard InChI is InChI=1S/C20H24N8O6/c1-3-6-27-13-15(24-19(21)25-16(13)30)28(20(27)32)17-9(2)14(29)11(34-17)8-33-18(31)10-4-5-12(26-22)23-7-10/h3-5,7,9,11,14,17,29H,1,6,8,22H2,2H3,(H,23,26)(H3,21,24,25,30)/t9-,11-,14+,17-/m1/s1. The highest BCUT2D eigenvalue weighted by molar-refractivity contribution is 5.89. The number of aromatic nitrogens is 5. The number of nitrogens with one attached hydrogen (secondary N) is 2. The Hall–Kier alpha value is -4.01. The third-order valence-corrected chi connectivity index (χ3v) is 5.61. The highest BCUT2D eigenvalue weighted by Crippen LogP contribution is 2.35. The number of allylic oxidation sites excluding steroid dienone is 1. The van der Waals surface area contributed by atoms with Crippen molar-refractivity contribution in [2.24, 2.45) is 11.8 Å². The summed E-state index contributed by atoms with van der Waals surface area (Å²) in [6.45, 7) is 5.04. The van der Waals surface area contributed by atoms with Crippen LogP contribution in [0.3, 0.4) is 0 Å². The Bertz CT molecular complexity index is 1340. The van der Waals surface area contributed by atoms with Crippen molar-refractivity contribution in [3.63, 3.8) is 0 Å². The van der Waals surface area contributed by atoms with Crippen LogP contribution in [0, 0.1) is 5.92 Å². The number of nitrogen functional groups attached to an aromatic ring is 2. The molecule has 0 amide bonds. The van der Waals surface area contributed by atoms with E-state index in [1.165, 1.54) is 33.5 Å². The Balaban J connectivity index is 1.60. The Morgan fingerprint density at radius 3 is 2.85 bits per heavy atom. The van der Waals surface area contributed by atoms with Gasteiger partial charge in [-0.2, -0.15) is 4.98 Å². The molecule has 0 saturated carbocycles. The van der Waals surface area contributed by atoms with Crippen LogP contribution in [-0.4, -0.2) is 54.0 Å². The number of aliphatic hydroxyl groups is 1. The number of ether oxygens (including phenoxy) is 2. The molecule has 180 valence electrons. The molecule has 14 nitrogen and oxygen atoms in total. The predicted molar refractivity (Wildman–Crippen MR) is 121 cm³/mol. The summed E-state index contributed by atoms with van der Waals surface area (Å²) in [7, 11) is 0. The second-order valence-electron chi connectivity index (χ2n) is 7.76. The monoisotopic (exact) mass is 472 g/mol. The molecular weight excluding hydrogens is 448 g/mol. The number of hydrogen-bond donors (Lipinski definition) is 5. The molecule has 0 aromatic carbocycles. The highest BCUT2D eigenvalue weighted by atomic mass is 16.6. The van der Waals surface area contributed by atoms with Crippen LogP contribution in [0.2, 0.25) is 0 Å². The van der Waals surface area contributed by atoms with Crippen LogP contribution in [0.1, 0.15) is 23.5 Å². The molecule has 1 fully saturated rings. The summed E-state index contributed by atoms with van der Waals surface area (Å²) in [6.07, 6.45) is -0.266. The molecule has 1 saturated heterocycles. The number of carbonyl (C=O) groups is 1. The van der Waals surface area contributed by atoms with Gasteiger partial charge >= 0.3 is 11.7 Å². The maximum atomic E-state index is 13.2. The van der Waals surface area contributed by atoms with Gasteiger partial charge in [0.25, 0.3) is 5.56 Å². The number of nitrogens with two attached hydrogens (primary N) is 2. The summed E-state index contributed by atoms with van der Waals surface area (Å²) in [5, 5.41) is 10.7. The van der Waals surface area contributed by atoms with Gasteiger partial charge in [0, 0.05) is 18.7 Å². The molecule has 34 heavy (non-hydrogen) atoms. The minimum atomic E-state index is -1.08. The van der Waals surface area contributed by atoms with E-state index >= 15 is 0 Å². The Morgan fingerprint density at radius 2 is 2.21 bits per heavy atom. The van der Waals surface area contributed by atoms with Gasteiger partial charge in [0.2, 0.25) is 5.95 Å². The van der Waals surface area contributed by atoms with Crippen LogP contribution in [-0.2, 0) is 16.0 Å².